The predicted octanol–water partition coefficient (Wildman–Crippen LogP) is 3.03. The van der Waals surface area contributed by atoms with E-state index in [2.05, 4.69) is 12.2 Å². The third-order valence-corrected chi connectivity index (χ3v) is 5.07. The van der Waals surface area contributed by atoms with Gasteiger partial charge in [-0.3, -0.25) is 4.79 Å². The normalized spacial score (nSPS) is 30.4. The fraction of sp³-hybridized carbons (Fsp3) is 0.750. The zero-order chi connectivity index (χ0) is 14.8. The van der Waals surface area contributed by atoms with Gasteiger partial charge in [-0.25, -0.2) is 4.79 Å². The van der Waals surface area contributed by atoms with E-state index in [1.165, 1.54) is 0 Å². The summed E-state index contributed by atoms with van der Waals surface area (Å²) in [6.45, 7) is 4.12. The molecule has 0 bridgehead atoms. The molecule has 112 valence electrons. The monoisotopic (exact) mass is 279 g/mol. The molecule has 0 radical (unpaired) electrons. The fourth-order valence-corrected chi connectivity index (χ4v) is 3.47. The first kappa shape index (κ1) is 15.1. The van der Waals surface area contributed by atoms with Crippen LogP contribution in [-0.2, 0) is 9.59 Å². The van der Waals surface area contributed by atoms with E-state index < -0.39 is 11.5 Å². The second-order valence-corrected chi connectivity index (χ2v) is 6.31. The van der Waals surface area contributed by atoms with E-state index >= 15 is 0 Å². The van der Waals surface area contributed by atoms with Gasteiger partial charge in [0.15, 0.2) is 0 Å². The van der Waals surface area contributed by atoms with Gasteiger partial charge in [0, 0.05) is 5.57 Å². The molecule has 4 heteroatoms. The number of hydrogen-bond acceptors (Lipinski definition) is 2. The van der Waals surface area contributed by atoms with Crippen LogP contribution in [0.4, 0.5) is 0 Å². The van der Waals surface area contributed by atoms with Gasteiger partial charge in [-0.15, -0.1) is 0 Å². The molecule has 2 aliphatic rings. The summed E-state index contributed by atoms with van der Waals surface area (Å²) in [5, 5.41) is 12.4. The van der Waals surface area contributed by atoms with Crippen LogP contribution in [0.15, 0.2) is 11.1 Å². The second-order valence-electron chi connectivity index (χ2n) is 6.31. The van der Waals surface area contributed by atoms with Crippen molar-refractivity contribution in [3.05, 3.63) is 11.1 Å². The Labute approximate surface area is 120 Å². The number of hydrogen-bond donors (Lipinski definition) is 2. The molecular weight excluding hydrogens is 254 g/mol. The minimum absolute atomic E-state index is 0.155. The quantitative estimate of drug-likeness (QED) is 0.831. The van der Waals surface area contributed by atoms with E-state index in [1.807, 2.05) is 6.92 Å². The van der Waals surface area contributed by atoms with Crippen LogP contribution < -0.4 is 5.32 Å². The molecule has 1 saturated carbocycles. The average Bonchev–Trinajstić information content (AvgIpc) is 2.85. The van der Waals surface area contributed by atoms with E-state index in [0.29, 0.717) is 18.8 Å². The van der Waals surface area contributed by atoms with Gasteiger partial charge in [0.25, 0.3) is 0 Å². The molecule has 1 fully saturated rings. The first-order valence-electron chi connectivity index (χ1n) is 7.73. The van der Waals surface area contributed by atoms with Crippen molar-refractivity contribution >= 4 is 11.9 Å². The minimum atomic E-state index is -1.04. The molecule has 0 aliphatic heterocycles. The summed E-state index contributed by atoms with van der Waals surface area (Å²) in [5.74, 6) is -0.430. The maximum Gasteiger partial charge on any atom is 0.329 e. The van der Waals surface area contributed by atoms with Gasteiger partial charge < -0.3 is 10.4 Å². The zero-order valence-corrected chi connectivity index (χ0v) is 12.5. The molecule has 2 rings (SSSR count). The summed E-state index contributed by atoms with van der Waals surface area (Å²) < 4.78 is 0. The van der Waals surface area contributed by atoms with Crippen molar-refractivity contribution in [3.8, 4) is 0 Å². The number of amides is 1. The van der Waals surface area contributed by atoms with Crippen LogP contribution in [0.2, 0.25) is 0 Å². The van der Waals surface area contributed by atoms with Gasteiger partial charge in [-0.2, -0.15) is 0 Å². The highest BCUT2D eigenvalue weighted by molar-refractivity contribution is 5.98. The number of carbonyl (C=O) groups is 2. The highest BCUT2D eigenvalue weighted by atomic mass is 16.4. The molecule has 2 N–H and O–H groups in total. The molecule has 0 unspecified atom stereocenters. The highest BCUT2D eigenvalue weighted by Gasteiger charge is 2.43. The Morgan fingerprint density at radius 1 is 1.30 bits per heavy atom. The summed E-state index contributed by atoms with van der Waals surface area (Å²) in [5.41, 5.74) is 0.882. The van der Waals surface area contributed by atoms with Gasteiger partial charge in [0.2, 0.25) is 5.91 Å². The Hall–Kier alpha value is -1.32. The third-order valence-electron chi connectivity index (χ3n) is 5.07. The smallest absolute Gasteiger partial charge is 0.329 e. The van der Waals surface area contributed by atoms with Crippen molar-refractivity contribution in [2.45, 2.75) is 70.8 Å². The highest BCUT2D eigenvalue weighted by Crippen LogP contribution is 2.35. The van der Waals surface area contributed by atoms with Crippen molar-refractivity contribution in [2.75, 3.05) is 0 Å². The van der Waals surface area contributed by atoms with Crippen LogP contribution in [0.1, 0.15) is 65.2 Å². The van der Waals surface area contributed by atoms with Gasteiger partial charge in [-0.1, -0.05) is 18.9 Å². The molecule has 0 saturated heterocycles. The topological polar surface area (TPSA) is 66.4 Å². The molecule has 0 aromatic heterocycles. The van der Waals surface area contributed by atoms with Crippen LogP contribution in [0, 0.1) is 5.92 Å². The molecule has 20 heavy (non-hydrogen) atoms. The maximum absolute atomic E-state index is 12.4. The molecule has 0 aromatic rings. The van der Waals surface area contributed by atoms with Gasteiger partial charge in [0.05, 0.1) is 0 Å². The van der Waals surface area contributed by atoms with E-state index in [0.717, 1.165) is 49.7 Å². The van der Waals surface area contributed by atoms with E-state index in [1.54, 1.807) is 0 Å². The third kappa shape index (κ3) is 2.89. The van der Waals surface area contributed by atoms with E-state index in [-0.39, 0.29) is 5.91 Å². The second kappa shape index (κ2) is 5.98. The van der Waals surface area contributed by atoms with Crippen LogP contribution >= 0.6 is 0 Å². The SMILES string of the molecule is CCC1CCC(NC(=O)C2=C(C)CCC2)(C(=O)O)CC1. The number of allylic oxidation sites excluding steroid dienone is 1. The molecule has 4 nitrogen and oxygen atoms in total. The summed E-state index contributed by atoms with van der Waals surface area (Å²) in [6.07, 6.45) is 6.73. The molecule has 0 aromatic carbocycles. The first-order chi connectivity index (χ1) is 9.48. The van der Waals surface area contributed by atoms with E-state index in [4.69, 9.17) is 0 Å². The lowest BCUT2D eigenvalue weighted by Crippen LogP contribution is -2.56. The Morgan fingerprint density at radius 2 is 1.95 bits per heavy atom. The van der Waals surface area contributed by atoms with Crippen molar-refractivity contribution in [1.29, 1.82) is 0 Å². The zero-order valence-electron chi connectivity index (χ0n) is 12.5. The predicted molar refractivity (Wildman–Crippen MR) is 77.3 cm³/mol. The molecule has 0 atom stereocenters. The number of nitrogens with one attached hydrogen (secondary N) is 1. The molecular formula is C16H25NO3. The van der Waals surface area contributed by atoms with Crippen molar-refractivity contribution in [3.63, 3.8) is 0 Å². The maximum atomic E-state index is 12.4. The summed E-state index contributed by atoms with van der Waals surface area (Å²) >= 11 is 0. The van der Waals surface area contributed by atoms with Crippen molar-refractivity contribution in [2.24, 2.45) is 5.92 Å². The van der Waals surface area contributed by atoms with E-state index in [9.17, 15) is 14.7 Å². The Kier molecular flexibility index (Phi) is 4.51. The minimum Gasteiger partial charge on any atom is -0.480 e. The van der Waals surface area contributed by atoms with Crippen LogP contribution in [0.3, 0.4) is 0 Å². The first-order valence-corrected chi connectivity index (χ1v) is 7.73. The standard InChI is InChI=1S/C16H25NO3/c1-3-12-7-9-16(10-8-12,15(19)20)17-14(18)13-6-4-5-11(13)2/h12H,3-10H2,1-2H3,(H,17,18)(H,19,20). The van der Waals surface area contributed by atoms with Crippen LogP contribution in [0.25, 0.3) is 0 Å². The summed E-state index contributed by atoms with van der Waals surface area (Å²) in [7, 11) is 0. The lowest BCUT2D eigenvalue weighted by Gasteiger charge is -2.37. The average molecular weight is 279 g/mol. The van der Waals surface area contributed by atoms with Gasteiger partial charge >= 0.3 is 5.97 Å². The largest absolute Gasteiger partial charge is 0.480 e. The number of carbonyl (C=O) groups excluding carboxylic acids is 1. The molecule has 0 heterocycles. The van der Waals surface area contributed by atoms with Crippen molar-refractivity contribution in [1.82, 2.24) is 5.32 Å². The number of rotatable bonds is 4. The van der Waals surface area contributed by atoms with Crippen LogP contribution in [0.5, 0.6) is 0 Å². The molecule has 0 spiro atoms. The van der Waals surface area contributed by atoms with Gasteiger partial charge in [-0.05, 0) is 57.8 Å². The Bertz CT molecular complexity index is 431. The fourth-order valence-electron chi connectivity index (χ4n) is 3.47. The summed E-state index contributed by atoms with van der Waals surface area (Å²) in [6, 6.07) is 0. The Balaban J connectivity index is 2.09. The number of carboxylic acids is 1. The van der Waals surface area contributed by atoms with Crippen molar-refractivity contribution < 1.29 is 14.7 Å². The summed E-state index contributed by atoms with van der Waals surface area (Å²) in [4.78, 5) is 24.0. The lowest BCUT2D eigenvalue weighted by atomic mass is 9.75. The Morgan fingerprint density at radius 3 is 2.40 bits per heavy atom. The molecule has 1 amide bonds. The van der Waals surface area contributed by atoms with Crippen LogP contribution in [-0.4, -0.2) is 22.5 Å². The van der Waals surface area contributed by atoms with Gasteiger partial charge in [0.1, 0.15) is 5.54 Å². The lowest BCUT2D eigenvalue weighted by molar-refractivity contribution is -0.149. The number of aliphatic carboxylic acids is 1. The molecule has 2 aliphatic carbocycles. The number of carboxylic acid groups (broad SMARTS) is 1.